The van der Waals surface area contributed by atoms with E-state index in [-0.39, 0.29) is 12.1 Å². The summed E-state index contributed by atoms with van der Waals surface area (Å²) in [6.45, 7) is 2.09. The lowest BCUT2D eigenvalue weighted by Gasteiger charge is -2.23. The molecule has 0 unspecified atom stereocenters. The molecule has 2 aromatic carbocycles. The number of hydrogen-bond donors (Lipinski definition) is 1. The van der Waals surface area contributed by atoms with E-state index in [1.807, 2.05) is 6.07 Å². The van der Waals surface area contributed by atoms with E-state index in [1.54, 1.807) is 0 Å². The first-order valence-electron chi connectivity index (χ1n) is 7.55. The van der Waals surface area contributed by atoms with Crippen molar-refractivity contribution in [3.05, 3.63) is 71.3 Å². The predicted octanol–water partition coefficient (Wildman–Crippen LogP) is 3.98. The molecule has 1 saturated carbocycles. The van der Waals surface area contributed by atoms with Crippen molar-refractivity contribution in [1.82, 2.24) is 5.32 Å². The quantitative estimate of drug-likeness (QED) is 0.896. The lowest BCUT2D eigenvalue weighted by Crippen LogP contribution is -2.34. The average Bonchev–Trinajstić information content (AvgIpc) is 3.35. The first-order chi connectivity index (χ1) is 10.3. The van der Waals surface area contributed by atoms with Crippen LogP contribution in [-0.2, 0) is 0 Å². The van der Waals surface area contributed by atoms with Gasteiger partial charge in [-0.2, -0.15) is 5.26 Å². The van der Waals surface area contributed by atoms with E-state index >= 15 is 0 Å². The number of nitriles is 1. The lowest BCUT2D eigenvalue weighted by molar-refractivity contribution is 0.501. The molecule has 0 amide bonds. The molecule has 1 aliphatic carbocycles. The Bertz CT molecular complexity index is 621. The minimum atomic E-state index is -0.0588. The van der Waals surface area contributed by atoms with Gasteiger partial charge in [-0.05, 0) is 36.8 Å². The fourth-order valence-electron chi connectivity index (χ4n) is 2.68. The van der Waals surface area contributed by atoms with Crippen molar-refractivity contribution in [2.24, 2.45) is 5.92 Å². The molecular weight excluding hydrogens is 256 g/mol. The van der Waals surface area contributed by atoms with Crippen molar-refractivity contribution in [2.75, 3.05) is 0 Å². The molecule has 21 heavy (non-hydrogen) atoms. The molecular formula is C19H20N2. The Morgan fingerprint density at radius 1 is 1.00 bits per heavy atom. The molecule has 2 aromatic rings. The molecule has 3 rings (SSSR count). The Labute approximate surface area is 126 Å². The third kappa shape index (κ3) is 3.32. The lowest BCUT2D eigenvalue weighted by atomic mass is 9.96. The molecule has 1 fully saturated rings. The molecule has 0 spiro atoms. The Morgan fingerprint density at radius 3 is 2.19 bits per heavy atom. The second-order valence-electron chi connectivity index (χ2n) is 5.87. The summed E-state index contributed by atoms with van der Waals surface area (Å²) in [7, 11) is 0. The predicted molar refractivity (Wildman–Crippen MR) is 84.7 cm³/mol. The molecule has 1 aliphatic rings. The molecule has 0 aromatic heterocycles. The zero-order valence-corrected chi connectivity index (χ0v) is 12.3. The van der Waals surface area contributed by atoms with Gasteiger partial charge in [0.1, 0.15) is 0 Å². The van der Waals surface area contributed by atoms with E-state index in [1.165, 1.54) is 29.5 Å². The summed E-state index contributed by atoms with van der Waals surface area (Å²) in [5.41, 5.74) is 3.68. The highest BCUT2D eigenvalue weighted by atomic mass is 15.0. The second kappa shape index (κ2) is 6.11. The zero-order valence-electron chi connectivity index (χ0n) is 12.3. The van der Waals surface area contributed by atoms with E-state index in [0.29, 0.717) is 5.92 Å². The average molecular weight is 276 g/mol. The van der Waals surface area contributed by atoms with Gasteiger partial charge in [0.2, 0.25) is 0 Å². The summed E-state index contributed by atoms with van der Waals surface area (Å²) in [5, 5.41) is 13.0. The maximum atomic E-state index is 9.41. The van der Waals surface area contributed by atoms with Crippen molar-refractivity contribution < 1.29 is 0 Å². The number of nitrogens with one attached hydrogen (secondary N) is 1. The SMILES string of the molecule is Cc1ccc([C@@H](N[C@H](C#N)C2CC2)c2ccccc2)cc1. The molecule has 2 nitrogen and oxygen atoms in total. The summed E-state index contributed by atoms with van der Waals surface area (Å²) < 4.78 is 0. The summed E-state index contributed by atoms with van der Waals surface area (Å²) in [4.78, 5) is 0. The van der Waals surface area contributed by atoms with Crippen LogP contribution in [0.3, 0.4) is 0 Å². The van der Waals surface area contributed by atoms with Gasteiger partial charge in [-0.25, -0.2) is 0 Å². The van der Waals surface area contributed by atoms with Crippen LogP contribution in [0, 0.1) is 24.2 Å². The van der Waals surface area contributed by atoms with Crippen LogP contribution in [0.15, 0.2) is 54.6 Å². The van der Waals surface area contributed by atoms with Crippen LogP contribution in [0.25, 0.3) is 0 Å². The van der Waals surface area contributed by atoms with E-state index < -0.39 is 0 Å². The van der Waals surface area contributed by atoms with E-state index in [4.69, 9.17) is 0 Å². The van der Waals surface area contributed by atoms with Crippen LogP contribution in [0.5, 0.6) is 0 Å². The van der Waals surface area contributed by atoms with Gasteiger partial charge in [0.15, 0.2) is 0 Å². The van der Waals surface area contributed by atoms with Crippen LogP contribution < -0.4 is 5.32 Å². The Hall–Kier alpha value is -2.11. The van der Waals surface area contributed by atoms with Crippen molar-refractivity contribution in [2.45, 2.75) is 31.8 Å². The highest BCUT2D eigenvalue weighted by Gasteiger charge is 2.33. The van der Waals surface area contributed by atoms with Gasteiger partial charge < -0.3 is 0 Å². The van der Waals surface area contributed by atoms with Gasteiger partial charge in [-0.3, -0.25) is 5.32 Å². The molecule has 0 heterocycles. The second-order valence-corrected chi connectivity index (χ2v) is 5.87. The van der Waals surface area contributed by atoms with Crippen molar-refractivity contribution in [1.29, 1.82) is 5.26 Å². The number of aryl methyl sites for hydroxylation is 1. The number of nitrogens with zero attached hydrogens (tertiary/aromatic N) is 1. The Balaban J connectivity index is 1.91. The highest BCUT2D eigenvalue weighted by molar-refractivity contribution is 5.34. The standard InChI is InChI=1S/C19H20N2/c1-14-7-9-17(10-8-14)19(16-5-3-2-4-6-16)21-18(13-20)15-11-12-15/h2-10,15,18-19,21H,11-12H2,1H3/t18-,19+/m1/s1. The van der Waals surface area contributed by atoms with Gasteiger partial charge >= 0.3 is 0 Å². The van der Waals surface area contributed by atoms with Crippen LogP contribution >= 0.6 is 0 Å². The number of hydrogen-bond acceptors (Lipinski definition) is 2. The first-order valence-corrected chi connectivity index (χ1v) is 7.55. The van der Waals surface area contributed by atoms with Crippen molar-refractivity contribution >= 4 is 0 Å². The molecule has 2 heteroatoms. The summed E-state index contributed by atoms with van der Waals surface area (Å²) in [5.74, 6) is 0.520. The highest BCUT2D eigenvalue weighted by Crippen LogP contribution is 2.34. The number of benzene rings is 2. The normalized spacial score (nSPS) is 17.0. The van der Waals surface area contributed by atoms with E-state index in [9.17, 15) is 5.26 Å². The smallest absolute Gasteiger partial charge is 0.0988 e. The van der Waals surface area contributed by atoms with Crippen molar-refractivity contribution in [3.8, 4) is 6.07 Å². The fraction of sp³-hybridized carbons (Fsp3) is 0.316. The van der Waals surface area contributed by atoms with Crippen LogP contribution in [0.1, 0.15) is 35.6 Å². The molecule has 0 radical (unpaired) electrons. The minimum Gasteiger partial charge on any atom is -0.291 e. The van der Waals surface area contributed by atoms with Crippen LogP contribution in [0.2, 0.25) is 0 Å². The van der Waals surface area contributed by atoms with Crippen LogP contribution in [-0.4, -0.2) is 6.04 Å². The molecule has 2 atom stereocenters. The monoisotopic (exact) mass is 276 g/mol. The van der Waals surface area contributed by atoms with Gasteiger partial charge in [0, 0.05) is 0 Å². The molecule has 0 aliphatic heterocycles. The third-order valence-corrected chi connectivity index (χ3v) is 4.12. The van der Waals surface area contributed by atoms with Gasteiger partial charge in [-0.1, -0.05) is 60.2 Å². The summed E-state index contributed by atoms with van der Waals surface area (Å²) in [6.07, 6.45) is 2.33. The van der Waals surface area contributed by atoms with Gasteiger partial charge in [-0.15, -0.1) is 0 Å². The summed E-state index contributed by atoms with van der Waals surface area (Å²) in [6, 6.07) is 21.4. The topological polar surface area (TPSA) is 35.8 Å². The van der Waals surface area contributed by atoms with Crippen molar-refractivity contribution in [3.63, 3.8) is 0 Å². The molecule has 0 saturated heterocycles. The minimum absolute atomic E-state index is 0.0588. The zero-order chi connectivity index (χ0) is 14.7. The molecule has 0 bridgehead atoms. The fourth-order valence-corrected chi connectivity index (χ4v) is 2.68. The maximum Gasteiger partial charge on any atom is 0.0988 e. The van der Waals surface area contributed by atoms with Crippen LogP contribution in [0.4, 0.5) is 0 Å². The Morgan fingerprint density at radius 2 is 1.62 bits per heavy atom. The van der Waals surface area contributed by atoms with Gasteiger partial charge in [0.05, 0.1) is 18.2 Å². The summed E-state index contributed by atoms with van der Waals surface area (Å²) >= 11 is 0. The maximum absolute atomic E-state index is 9.41. The largest absolute Gasteiger partial charge is 0.291 e. The molecule has 106 valence electrons. The third-order valence-electron chi connectivity index (χ3n) is 4.12. The Kier molecular flexibility index (Phi) is 4.03. The van der Waals surface area contributed by atoms with E-state index in [0.717, 1.165) is 0 Å². The van der Waals surface area contributed by atoms with Gasteiger partial charge in [0.25, 0.3) is 0 Å². The van der Waals surface area contributed by atoms with E-state index in [2.05, 4.69) is 66.8 Å². The first kappa shape index (κ1) is 13.9. The number of rotatable bonds is 5. The molecule has 1 N–H and O–H groups in total.